The number of methoxy groups -OCH3 is 1. The summed E-state index contributed by atoms with van der Waals surface area (Å²) in [7, 11) is 3.39. The van der Waals surface area contributed by atoms with Crippen LogP contribution in [0.1, 0.15) is 27.8 Å². The molecule has 28 heavy (non-hydrogen) atoms. The second-order valence-corrected chi connectivity index (χ2v) is 6.41. The van der Waals surface area contributed by atoms with Gasteiger partial charge in [-0.05, 0) is 29.8 Å². The summed E-state index contributed by atoms with van der Waals surface area (Å²) in [5, 5.41) is 14.0. The number of halogens is 1. The van der Waals surface area contributed by atoms with E-state index in [0.29, 0.717) is 11.6 Å². The molecule has 1 aromatic heterocycles. The van der Waals surface area contributed by atoms with E-state index in [1.165, 1.54) is 12.1 Å². The van der Waals surface area contributed by atoms with Crippen LogP contribution in [-0.4, -0.2) is 27.5 Å². The van der Waals surface area contributed by atoms with Crippen LogP contribution < -0.4 is 10.1 Å². The number of hydrogen-bond donors (Lipinski definition) is 1. The van der Waals surface area contributed by atoms with Crippen LogP contribution in [-0.2, 0) is 7.05 Å². The quantitative estimate of drug-likeness (QED) is 0.504. The second kappa shape index (κ2) is 8.10. The number of carbonyl (C=O) groups excluding carboxylic acids is 1. The van der Waals surface area contributed by atoms with Crippen molar-refractivity contribution in [2.75, 3.05) is 7.11 Å². The molecule has 0 saturated heterocycles. The molecule has 9 heteroatoms. The Bertz CT molecular complexity index is 1020. The van der Waals surface area contributed by atoms with Crippen molar-refractivity contribution in [3.8, 4) is 5.75 Å². The van der Waals surface area contributed by atoms with E-state index in [4.69, 9.17) is 16.3 Å². The molecule has 0 aliphatic rings. The highest BCUT2D eigenvalue weighted by atomic mass is 35.5. The lowest BCUT2D eigenvalue weighted by Gasteiger charge is -2.19. The molecule has 3 rings (SSSR count). The van der Waals surface area contributed by atoms with Crippen molar-refractivity contribution in [1.82, 2.24) is 14.9 Å². The van der Waals surface area contributed by atoms with Crippen LogP contribution in [0.4, 0.5) is 5.69 Å². The van der Waals surface area contributed by atoms with Gasteiger partial charge < -0.3 is 14.6 Å². The van der Waals surface area contributed by atoms with Gasteiger partial charge in [-0.2, -0.15) is 0 Å². The van der Waals surface area contributed by atoms with Gasteiger partial charge in [-0.25, -0.2) is 4.98 Å². The molecule has 0 aliphatic carbocycles. The number of aryl methyl sites for hydroxylation is 1. The van der Waals surface area contributed by atoms with E-state index in [9.17, 15) is 14.9 Å². The zero-order valence-corrected chi connectivity index (χ0v) is 15.9. The fourth-order valence-electron chi connectivity index (χ4n) is 2.76. The fraction of sp³-hybridized carbons (Fsp3) is 0.158. The molecule has 0 saturated carbocycles. The third kappa shape index (κ3) is 3.96. The summed E-state index contributed by atoms with van der Waals surface area (Å²) in [5.41, 5.74) is 0.586. The Kier molecular flexibility index (Phi) is 5.60. The van der Waals surface area contributed by atoms with E-state index in [2.05, 4.69) is 10.3 Å². The molecule has 1 N–H and O–H groups in total. The number of aromatic nitrogens is 2. The summed E-state index contributed by atoms with van der Waals surface area (Å²) in [6.45, 7) is 0. The van der Waals surface area contributed by atoms with E-state index in [1.54, 1.807) is 36.2 Å². The van der Waals surface area contributed by atoms with Gasteiger partial charge in [-0.15, -0.1) is 0 Å². The van der Waals surface area contributed by atoms with Gasteiger partial charge in [0, 0.05) is 31.1 Å². The average Bonchev–Trinajstić information content (AvgIpc) is 3.11. The summed E-state index contributed by atoms with van der Waals surface area (Å²) in [5.74, 6) is 0.813. The predicted octanol–water partition coefficient (Wildman–Crippen LogP) is 3.51. The van der Waals surface area contributed by atoms with Gasteiger partial charge >= 0.3 is 0 Å². The maximum Gasteiger partial charge on any atom is 0.288 e. The molecule has 0 radical (unpaired) electrons. The second-order valence-electron chi connectivity index (χ2n) is 6.00. The molecule has 1 unspecified atom stereocenters. The number of benzene rings is 2. The van der Waals surface area contributed by atoms with Crippen molar-refractivity contribution in [3.05, 3.63) is 86.9 Å². The minimum Gasteiger partial charge on any atom is -0.497 e. The minimum absolute atomic E-state index is 0.0302. The van der Waals surface area contributed by atoms with Gasteiger partial charge in [0.05, 0.1) is 12.0 Å². The molecule has 8 nitrogen and oxygen atoms in total. The predicted molar refractivity (Wildman–Crippen MR) is 104 cm³/mol. The maximum atomic E-state index is 12.8. The van der Waals surface area contributed by atoms with E-state index in [1.807, 2.05) is 19.2 Å². The van der Waals surface area contributed by atoms with Crippen LogP contribution in [0.3, 0.4) is 0 Å². The smallest absolute Gasteiger partial charge is 0.288 e. The number of rotatable bonds is 6. The zero-order valence-electron chi connectivity index (χ0n) is 15.1. The van der Waals surface area contributed by atoms with E-state index in [-0.39, 0.29) is 16.3 Å². The maximum absolute atomic E-state index is 12.8. The SMILES string of the molecule is COc1ccc(C(NC(=O)c2ccc(Cl)c([N+](=O)[O-])c2)c2nccn2C)cc1. The summed E-state index contributed by atoms with van der Waals surface area (Å²) in [4.78, 5) is 27.6. The molecule has 1 atom stereocenters. The Morgan fingerprint density at radius 3 is 2.57 bits per heavy atom. The number of imidazole rings is 1. The number of nitrogens with zero attached hydrogens (tertiary/aromatic N) is 3. The Morgan fingerprint density at radius 1 is 1.29 bits per heavy atom. The average molecular weight is 401 g/mol. The minimum atomic E-state index is -0.626. The third-order valence-electron chi connectivity index (χ3n) is 4.25. The number of amides is 1. The Hall–Kier alpha value is -3.39. The summed E-state index contributed by atoms with van der Waals surface area (Å²) < 4.78 is 6.97. The van der Waals surface area contributed by atoms with Crippen LogP contribution >= 0.6 is 11.6 Å². The largest absolute Gasteiger partial charge is 0.497 e. The van der Waals surface area contributed by atoms with Crippen molar-refractivity contribution in [2.24, 2.45) is 7.05 Å². The number of nitrogens with one attached hydrogen (secondary N) is 1. The standard InChI is InChI=1S/C19H17ClN4O4/c1-23-10-9-21-18(23)17(12-3-6-14(28-2)7-4-12)22-19(25)13-5-8-15(20)16(11-13)24(26)27/h3-11,17H,1-2H3,(H,22,25). The first-order valence-electron chi connectivity index (χ1n) is 8.26. The van der Waals surface area contributed by atoms with Gasteiger partial charge in [-0.1, -0.05) is 23.7 Å². The number of nitro groups is 1. The summed E-state index contributed by atoms with van der Waals surface area (Å²) >= 11 is 5.83. The van der Waals surface area contributed by atoms with Gasteiger partial charge in [0.15, 0.2) is 0 Å². The number of hydrogen-bond acceptors (Lipinski definition) is 5. The van der Waals surface area contributed by atoms with Crippen LogP contribution in [0, 0.1) is 10.1 Å². The first kappa shape index (κ1) is 19.4. The normalized spacial score (nSPS) is 11.7. The van der Waals surface area contributed by atoms with Crippen LogP contribution in [0.5, 0.6) is 5.75 Å². The highest BCUT2D eigenvalue weighted by molar-refractivity contribution is 6.32. The molecule has 0 fully saturated rings. The molecule has 0 aliphatic heterocycles. The van der Waals surface area contributed by atoms with E-state index >= 15 is 0 Å². The highest BCUT2D eigenvalue weighted by Crippen LogP contribution is 2.27. The molecule has 1 heterocycles. The van der Waals surface area contributed by atoms with Crippen LogP contribution in [0.2, 0.25) is 5.02 Å². The van der Waals surface area contributed by atoms with Gasteiger partial charge in [-0.3, -0.25) is 14.9 Å². The third-order valence-corrected chi connectivity index (χ3v) is 4.57. The van der Waals surface area contributed by atoms with Gasteiger partial charge in [0.1, 0.15) is 22.6 Å². The molecular formula is C19H17ClN4O4. The number of carbonyl (C=O) groups is 1. The molecule has 1 amide bonds. The molecule has 0 bridgehead atoms. The number of ether oxygens (including phenoxy) is 1. The van der Waals surface area contributed by atoms with Crippen molar-refractivity contribution >= 4 is 23.2 Å². The van der Waals surface area contributed by atoms with Gasteiger partial charge in [0.25, 0.3) is 11.6 Å². The van der Waals surface area contributed by atoms with E-state index < -0.39 is 16.9 Å². The van der Waals surface area contributed by atoms with Crippen LogP contribution in [0.25, 0.3) is 0 Å². The molecule has 0 spiro atoms. The first-order chi connectivity index (χ1) is 13.4. The first-order valence-corrected chi connectivity index (χ1v) is 8.64. The Morgan fingerprint density at radius 2 is 2.00 bits per heavy atom. The lowest BCUT2D eigenvalue weighted by molar-refractivity contribution is -0.384. The molecule has 3 aromatic rings. The fourth-order valence-corrected chi connectivity index (χ4v) is 2.94. The molecule has 2 aromatic carbocycles. The number of nitro benzene ring substituents is 1. The van der Waals surface area contributed by atoms with Crippen LogP contribution in [0.15, 0.2) is 54.9 Å². The van der Waals surface area contributed by atoms with Crippen molar-refractivity contribution in [2.45, 2.75) is 6.04 Å². The lowest BCUT2D eigenvalue weighted by Crippen LogP contribution is -2.31. The summed E-state index contributed by atoms with van der Waals surface area (Å²) in [6, 6.07) is 10.6. The summed E-state index contributed by atoms with van der Waals surface area (Å²) in [6.07, 6.45) is 3.40. The van der Waals surface area contributed by atoms with Crippen molar-refractivity contribution in [1.29, 1.82) is 0 Å². The highest BCUT2D eigenvalue weighted by Gasteiger charge is 2.23. The van der Waals surface area contributed by atoms with Crippen molar-refractivity contribution in [3.63, 3.8) is 0 Å². The topological polar surface area (TPSA) is 99.3 Å². The zero-order chi connectivity index (χ0) is 20.3. The monoisotopic (exact) mass is 400 g/mol. The van der Waals surface area contributed by atoms with E-state index in [0.717, 1.165) is 11.6 Å². The van der Waals surface area contributed by atoms with Crippen molar-refractivity contribution < 1.29 is 14.5 Å². The molecular weight excluding hydrogens is 384 g/mol. The Labute approximate surface area is 165 Å². The van der Waals surface area contributed by atoms with Gasteiger partial charge in [0.2, 0.25) is 0 Å². The Balaban J connectivity index is 1.95. The molecule has 144 valence electrons. The lowest BCUT2D eigenvalue weighted by atomic mass is 10.0.